The first-order valence-electron chi connectivity index (χ1n) is 2.70. The minimum atomic E-state index is -2.79. The zero-order valence-corrected chi connectivity index (χ0v) is 7.35. The maximum Gasteiger partial charge on any atom is 0.268 e. The molecular formula is C6H3F3IN. The first kappa shape index (κ1) is 8.76. The minimum absolute atomic E-state index is 0.111. The van der Waals surface area contributed by atoms with Crippen molar-refractivity contribution in [2.45, 2.75) is 6.43 Å². The van der Waals surface area contributed by atoms with Crippen molar-refractivity contribution in [2.24, 2.45) is 0 Å². The van der Waals surface area contributed by atoms with Gasteiger partial charge in [-0.05, 0) is 22.6 Å². The van der Waals surface area contributed by atoms with E-state index < -0.39 is 17.8 Å². The van der Waals surface area contributed by atoms with Gasteiger partial charge < -0.3 is 0 Å². The average Bonchev–Trinajstić information content (AvgIpc) is 1.94. The first-order valence-corrected chi connectivity index (χ1v) is 3.78. The van der Waals surface area contributed by atoms with Crippen LogP contribution in [0.4, 0.5) is 13.2 Å². The summed E-state index contributed by atoms with van der Waals surface area (Å²) in [7, 11) is 0. The fourth-order valence-corrected chi connectivity index (χ4v) is 1.06. The van der Waals surface area contributed by atoms with Crippen LogP contribution in [0, 0.1) is 9.39 Å². The molecule has 0 aliphatic heterocycles. The van der Waals surface area contributed by atoms with E-state index in [2.05, 4.69) is 4.98 Å². The highest BCUT2D eigenvalue weighted by Gasteiger charge is 2.15. The Hall–Kier alpha value is -0.330. The summed E-state index contributed by atoms with van der Waals surface area (Å²) >= 11 is 1.61. The smallest absolute Gasteiger partial charge is 0.263 e. The second-order valence-electron chi connectivity index (χ2n) is 1.83. The van der Waals surface area contributed by atoms with Crippen molar-refractivity contribution in [1.82, 2.24) is 4.98 Å². The van der Waals surface area contributed by atoms with Gasteiger partial charge in [0.1, 0.15) is 5.82 Å². The Morgan fingerprint density at radius 1 is 1.36 bits per heavy atom. The molecule has 0 unspecified atom stereocenters. The zero-order chi connectivity index (χ0) is 8.43. The highest BCUT2D eigenvalue weighted by molar-refractivity contribution is 14.1. The normalized spacial score (nSPS) is 10.6. The number of rotatable bonds is 1. The van der Waals surface area contributed by atoms with E-state index in [1.54, 1.807) is 22.6 Å². The van der Waals surface area contributed by atoms with E-state index in [9.17, 15) is 13.2 Å². The highest BCUT2D eigenvalue weighted by atomic mass is 127. The summed E-state index contributed by atoms with van der Waals surface area (Å²) in [6, 6.07) is 0. The van der Waals surface area contributed by atoms with Crippen LogP contribution in [0.15, 0.2) is 12.4 Å². The SMILES string of the molecule is Fc1c(I)cncc1C(F)F. The molecule has 0 radical (unpaired) electrons. The molecule has 1 rings (SSSR count). The molecule has 0 bridgehead atoms. The van der Waals surface area contributed by atoms with E-state index in [1.807, 2.05) is 0 Å². The molecule has 0 atom stereocenters. The monoisotopic (exact) mass is 273 g/mol. The predicted octanol–water partition coefficient (Wildman–Crippen LogP) is 2.76. The van der Waals surface area contributed by atoms with E-state index in [4.69, 9.17) is 0 Å². The molecule has 60 valence electrons. The Morgan fingerprint density at radius 2 is 2.00 bits per heavy atom. The van der Waals surface area contributed by atoms with Gasteiger partial charge in [-0.3, -0.25) is 4.98 Å². The summed E-state index contributed by atoms with van der Waals surface area (Å²) in [6.07, 6.45) is -0.763. The summed E-state index contributed by atoms with van der Waals surface area (Å²) in [5.41, 5.74) is -0.642. The average molecular weight is 273 g/mol. The lowest BCUT2D eigenvalue weighted by Crippen LogP contribution is -1.94. The van der Waals surface area contributed by atoms with Crippen molar-refractivity contribution in [1.29, 1.82) is 0 Å². The van der Waals surface area contributed by atoms with Crippen molar-refractivity contribution >= 4 is 22.6 Å². The van der Waals surface area contributed by atoms with Crippen LogP contribution < -0.4 is 0 Å². The van der Waals surface area contributed by atoms with Crippen LogP contribution >= 0.6 is 22.6 Å². The Labute approximate surface area is 74.8 Å². The summed E-state index contributed by atoms with van der Waals surface area (Å²) in [5, 5.41) is 0. The van der Waals surface area contributed by atoms with E-state index in [1.165, 1.54) is 6.20 Å². The molecule has 5 heteroatoms. The predicted molar refractivity (Wildman–Crippen MR) is 41.9 cm³/mol. The van der Waals surface area contributed by atoms with Crippen LogP contribution in [0.25, 0.3) is 0 Å². The van der Waals surface area contributed by atoms with Gasteiger partial charge in [-0.2, -0.15) is 0 Å². The molecular weight excluding hydrogens is 270 g/mol. The van der Waals surface area contributed by atoms with Gasteiger partial charge in [0.15, 0.2) is 0 Å². The van der Waals surface area contributed by atoms with Crippen molar-refractivity contribution < 1.29 is 13.2 Å². The third kappa shape index (κ3) is 1.82. The highest BCUT2D eigenvalue weighted by Crippen LogP contribution is 2.23. The fourth-order valence-electron chi connectivity index (χ4n) is 0.586. The molecule has 0 saturated carbocycles. The lowest BCUT2D eigenvalue weighted by Gasteiger charge is -2.00. The Bertz CT molecular complexity index is 264. The molecule has 0 amide bonds. The molecule has 11 heavy (non-hydrogen) atoms. The maximum absolute atomic E-state index is 12.7. The molecule has 0 fully saturated rings. The van der Waals surface area contributed by atoms with Crippen LogP contribution in [-0.2, 0) is 0 Å². The zero-order valence-electron chi connectivity index (χ0n) is 5.19. The minimum Gasteiger partial charge on any atom is -0.263 e. The topological polar surface area (TPSA) is 12.9 Å². The van der Waals surface area contributed by atoms with Crippen LogP contribution in [0.1, 0.15) is 12.0 Å². The number of aromatic nitrogens is 1. The molecule has 1 aromatic heterocycles. The van der Waals surface area contributed by atoms with Gasteiger partial charge in [0, 0.05) is 12.4 Å². The number of hydrogen-bond acceptors (Lipinski definition) is 1. The standard InChI is InChI=1S/C6H3F3IN/c7-5-3(6(8)9)1-11-2-4(5)10/h1-2,6H. The van der Waals surface area contributed by atoms with Crippen LogP contribution in [0.5, 0.6) is 0 Å². The van der Waals surface area contributed by atoms with Gasteiger partial charge in [0.05, 0.1) is 9.13 Å². The van der Waals surface area contributed by atoms with Gasteiger partial charge in [-0.1, -0.05) is 0 Å². The maximum atomic E-state index is 12.7. The number of nitrogens with zero attached hydrogens (tertiary/aromatic N) is 1. The van der Waals surface area contributed by atoms with Gasteiger partial charge >= 0.3 is 0 Å². The van der Waals surface area contributed by atoms with Gasteiger partial charge in [-0.15, -0.1) is 0 Å². The molecule has 1 heterocycles. The quantitative estimate of drug-likeness (QED) is 0.717. The molecule has 1 nitrogen and oxygen atoms in total. The lowest BCUT2D eigenvalue weighted by atomic mass is 10.3. The van der Waals surface area contributed by atoms with Crippen molar-refractivity contribution in [3.05, 3.63) is 27.3 Å². The summed E-state index contributed by atoms with van der Waals surface area (Å²) < 4.78 is 36.7. The molecule has 1 aromatic rings. The third-order valence-corrected chi connectivity index (χ3v) is 1.85. The summed E-state index contributed by atoms with van der Waals surface area (Å²) in [4.78, 5) is 3.44. The molecule has 0 aliphatic rings. The van der Waals surface area contributed by atoms with Gasteiger partial charge in [0.2, 0.25) is 0 Å². The molecule has 0 saturated heterocycles. The Morgan fingerprint density at radius 3 is 2.45 bits per heavy atom. The molecule has 0 N–H and O–H groups in total. The van der Waals surface area contributed by atoms with Crippen molar-refractivity contribution in [2.75, 3.05) is 0 Å². The fraction of sp³-hybridized carbons (Fsp3) is 0.167. The van der Waals surface area contributed by atoms with E-state index in [0.29, 0.717) is 0 Å². The van der Waals surface area contributed by atoms with Gasteiger partial charge in [0.25, 0.3) is 6.43 Å². The summed E-state index contributed by atoms with van der Waals surface area (Å²) in [6.45, 7) is 0. The van der Waals surface area contributed by atoms with E-state index in [-0.39, 0.29) is 3.57 Å². The van der Waals surface area contributed by atoms with E-state index in [0.717, 1.165) is 6.20 Å². The van der Waals surface area contributed by atoms with E-state index >= 15 is 0 Å². The number of alkyl halides is 2. The Balaban J connectivity index is 3.17. The summed E-state index contributed by atoms with van der Waals surface area (Å²) in [5.74, 6) is -0.879. The number of halogens is 4. The first-order chi connectivity index (χ1) is 5.13. The van der Waals surface area contributed by atoms with Crippen molar-refractivity contribution in [3.63, 3.8) is 0 Å². The number of pyridine rings is 1. The third-order valence-electron chi connectivity index (χ3n) is 1.10. The van der Waals surface area contributed by atoms with Crippen LogP contribution in [0.3, 0.4) is 0 Å². The second kappa shape index (κ2) is 3.38. The van der Waals surface area contributed by atoms with Gasteiger partial charge in [-0.25, -0.2) is 13.2 Å². The second-order valence-corrected chi connectivity index (χ2v) is 2.99. The molecule has 0 spiro atoms. The van der Waals surface area contributed by atoms with Crippen molar-refractivity contribution in [3.8, 4) is 0 Å². The van der Waals surface area contributed by atoms with Crippen LogP contribution in [-0.4, -0.2) is 4.98 Å². The Kier molecular flexibility index (Phi) is 2.69. The molecule has 0 aliphatic carbocycles. The van der Waals surface area contributed by atoms with Crippen LogP contribution in [0.2, 0.25) is 0 Å². The largest absolute Gasteiger partial charge is 0.268 e. The number of hydrogen-bond donors (Lipinski definition) is 0. The molecule has 0 aromatic carbocycles. The lowest BCUT2D eigenvalue weighted by molar-refractivity contribution is 0.145.